The van der Waals surface area contributed by atoms with Crippen molar-refractivity contribution in [2.75, 3.05) is 33.4 Å². The molecule has 1 aromatic rings. The van der Waals surface area contributed by atoms with E-state index in [4.69, 9.17) is 19.4 Å². The van der Waals surface area contributed by atoms with Crippen LogP contribution in [0.2, 0.25) is 0 Å². The quantitative estimate of drug-likeness (QED) is 0.812. The fourth-order valence-electron chi connectivity index (χ4n) is 3.78. The topological polar surface area (TPSA) is 89.0 Å². The molecule has 1 aliphatic heterocycles. The molecule has 1 N–H and O–H groups in total. The highest BCUT2D eigenvalue weighted by molar-refractivity contribution is 5.94. The largest absolute Gasteiger partial charge is 0.490 e. The Kier molecular flexibility index (Phi) is 7.59. The minimum absolute atomic E-state index is 0.0574. The number of hydrogen-bond acceptors (Lipinski definition) is 5. The second kappa shape index (κ2) is 9.53. The van der Waals surface area contributed by atoms with E-state index in [9.17, 15) is 18.0 Å². The van der Waals surface area contributed by atoms with Crippen LogP contribution < -0.4 is 0 Å². The molecule has 1 spiro atoms. The van der Waals surface area contributed by atoms with Gasteiger partial charge in [0.1, 0.15) is 0 Å². The highest BCUT2D eigenvalue weighted by atomic mass is 19.4. The molecule has 29 heavy (non-hydrogen) atoms. The van der Waals surface area contributed by atoms with Gasteiger partial charge in [0.2, 0.25) is 0 Å². The highest BCUT2D eigenvalue weighted by Crippen LogP contribution is 2.41. The van der Waals surface area contributed by atoms with E-state index < -0.39 is 12.1 Å². The molecule has 1 aliphatic carbocycles. The number of alkyl halides is 3. The van der Waals surface area contributed by atoms with E-state index in [0.29, 0.717) is 37.8 Å². The SMILES string of the molecule is COC[C@H]1CCC[C@]12CN(C(=O)c1cncc(C)c1)CCO2.O=C(O)C(F)(F)F. The number of methoxy groups -OCH3 is 1. The summed E-state index contributed by atoms with van der Waals surface area (Å²) in [6.45, 7) is 4.57. The van der Waals surface area contributed by atoms with Crippen molar-refractivity contribution in [2.45, 2.75) is 38.0 Å². The van der Waals surface area contributed by atoms with Crippen LogP contribution in [0.1, 0.15) is 35.2 Å². The molecule has 1 saturated carbocycles. The van der Waals surface area contributed by atoms with Crippen molar-refractivity contribution in [3.8, 4) is 0 Å². The van der Waals surface area contributed by atoms with Crippen LogP contribution in [0, 0.1) is 12.8 Å². The minimum atomic E-state index is -5.08. The lowest BCUT2D eigenvalue weighted by atomic mass is 9.89. The van der Waals surface area contributed by atoms with Crippen molar-refractivity contribution in [1.29, 1.82) is 0 Å². The van der Waals surface area contributed by atoms with Gasteiger partial charge in [-0.3, -0.25) is 9.78 Å². The first-order valence-corrected chi connectivity index (χ1v) is 9.23. The summed E-state index contributed by atoms with van der Waals surface area (Å²) in [5, 5.41) is 7.12. The number of carbonyl (C=O) groups excluding carboxylic acids is 1. The number of aromatic nitrogens is 1. The third kappa shape index (κ3) is 5.89. The van der Waals surface area contributed by atoms with Gasteiger partial charge in [0, 0.05) is 32.0 Å². The standard InChI is InChI=1S/C17H24N2O3.C2HF3O2/c1-13-8-14(10-18-9-13)16(20)19-6-7-22-17(12-19)5-3-4-15(17)11-21-2;3-2(4,5)1(6)7/h8-10,15H,3-7,11-12H2,1-2H3;(H,6,7)/t15-,17+;/m1./s1. The first kappa shape index (κ1) is 23.1. The molecular weight excluding hydrogens is 393 g/mol. The molecule has 2 aliphatic rings. The smallest absolute Gasteiger partial charge is 0.475 e. The Hall–Kier alpha value is -2.20. The molecular formula is C19H25F3N2O5. The van der Waals surface area contributed by atoms with E-state index >= 15 is 0 Å². The number of amides is 1. The van der Waals surface area contributed by atoms with Crippen LogP contribution in [0.15, 0.2) is 18.5 Å². The van der Waals surface area contributed by atoms with E-state index in [1.54, 1.807) is 19.5 Å². The zero-order chi connectivity index (χ0) is 21.7. The number of morpholine rings is 1. The second-order valence-corrected chi connectivity index (χ2v) is 7.24. The molecule has 1 saturated heterocycles. The number of carboxylic acid groups (broad SMARTS) is 1. The van der Waals surface area contributed by atoms with Crippen LogP contribution in [0.5, 0.6) is 0 Å². The van der Waals surface area contributed by atoms with Crippen LogP contribution in [0.4, 0.5) is 13.2 Å². The van der Waals surface area contributed by atoms with Gasteiger partial charge in [0.25, 0.3) is 5.91 Å². The molecule has 1 amide bonds. The Balaban J connectivity index is 0.000000370. The summed E-state index contributed by atoms with van der Waals surface area (Å²) in [5.74, 6) is -2.32. The Labute approximate surface area is 166 Å². The predicted molar refractivity (Wildman–Crippen MR) is 96.5 cm³/mol. The number of carboxylic acids is 1. The molecule has 1 aromatic heterocycles. The highest BCUT2D eigenvalue weighted by Gasteiger charge is 2.47. The fraction of sp³-hybridized carbons (Fsp3) is 0.632. The number of pyridine rings is 1. The number of hydrogen-bond donors (Lipinski definition) is 1. The van der Waals surface area contributed by atoms with Crippen LogP contribution in [-0.4, -0.2) is 72.1 Å². The lowest BCUT2D eigenvalue weighted by Crippen LogP contribution is -2.56. The van der Waals surface area contributed by atoms with Gasteiger partial charge in [0.15, 0.2) is 0 Å². The summed E-state index contributed by atoms with van der Waals surface area (Å²) >= 11 is 0. The maximum Gasteiger partial charge on any atom is 0.490 e. The molecule has 10 heteroatoms. The Bertz CT molecular complexity index is 728. The van der Waals surface area contributed by atoms with Gasteiger partial charge < -0.3 is 19.5 Å². The average Bonchev–Trinajstić information content (AvgIpc) is 3.02. The molecule has 0 aromatic carbocycles. The van der Waals surface area contributed by atoms with Crippen molar-refractivity contribution in [3.05, 3.63) is 29.6 Å². The number of halogens is 3. The number of nitrogens with zero attached hydrogens (tertiary/aromatic N) is 2. The van der Waals surface area contributed by atoms with E-state index in [1.807, 2.05) is 17.9 Å². The fourth-order valence-corrected chi connectivity index (χ4v) is 3.78. The minimum Gasteiger partial charge on any atom is -0.475 e. The summed E-state index contributed by atoms with van der Waals surface area (Å²) in [4.78, 5) is 27.7. The monoisotopic (exact) mass is 418 g/mol. The van der Waals surface area contributed by atoms with Crippen molar-refractivity contribution in [2.24, 2.45) is 5.92 Å². The maximum atomic E-state index is 12.8. The summed E-state index contributed by atoms with van der Waals surface area (Å²) in [6.07, 6.45) is 1.60. The van der Waals surface area contributed by atoms with Crippen molar-refractivity contribution in [1.82, 2.24) is 9.88 Å². The third-order valence-corrected chi connectivity index (χ3v) is 5.13. The van der Waals surface area contributed by atoms with Gasteiger partial charge in [-0.15, -0.1) is 0 Å². The molecule has 3 rings (SSSR count). The Morgan fingerprint density at radius 1 is 1.41 bits per heavy atom. The van der Waals surface area contributed by atoms with Crippen LogP contribution in [0.25, 0.3) is 0 Å². The Morgan fingerprint density at radius 3 is 2.69 bits per heavy atom. The van der Waals surface area contributed by atoms with Gasteiger partial charge in [-0.1, -0.05) is 6.42 Å². The molecule has 2 fully saturated rings. The number of ether oxygens (including phenoxy) is 2. The maximum absolute atomic E-state index is 12.8. The number of aliphatic carboxylic acids is 1. The van der Waals surface area contributed by atoms with E-state index in [-0.39, 0.29) is 11.5 Å². The summed E-state index contributed by atoms with van der Waals surface area (Å²) in [6, 6.07) is 1.90. The van der Waals surface area contributed by atoms with E-state index in [0.717, 1.165) is 24.8 Å². The van der Waals surface area contributed by atoms with Gasteiger partial charge in [-0.2, -0.15) is 13.2 Å². The van der Waals surface area contributed by atoms with Crippen molar-refractivity contribution < 1.29 is 37.3 Å². The first-order chi connectivity index (χ1) is 13.6. The van der Waals surface area contributed by atoms with Gasteiger partial charge in [-0.05, 0) is 31.4 Å². The Morgan fingerprint density at radius 2 is 2.10 bits per heavy atom. The number of rotatable bonds is 3. The third-order valence-electron chi connectivity index (χ3n) is 5.13. The van der Waals surface area contributed by atoms with Gasteiger partial charge in [-0.25, -0.2) is 4.79 Å². The van der Waals surface area contributed by atoms with Crippen LogP contribution in [-0.2, 0) is 14.3 Å². The number of carbonyl (C=O) groups is 2. The van der Waals surface area contributed by atoms with Crippen molar-refractivity contribution >= 4 is 11.9 Å². The molecule has 2 atom stereocenters. The average molecular weight is 418 g/mol. The van der Waals surface area contributed by atoms with Gasteiger partial charge >= 0.3 is 12.1 Å². The lowest BCUT2D eigenvalue weighted by molar-refractivity contribution is -0.192. The molecule has 0 radical (unpaired) electrons. The molecule has 162 valence electrons. The zero-order valence-corrected chi connectivity index (χ0v) is 16.4. The molecule has 0 unspecified atom stereocenters. The zero-order valence-electron chi connectivity index (χ0n) is 16.4. The number of aryl methyl sites for hydroxylation is 1. The van der Waals surface area contributed by atoms with Crippen LogP contribution >= 0.6 is 0 Å². The van der Waals surface area contributed by atoms with Crippen LogP contribution in [0.3, 0.4) is 0 Å². The summed E-state index contributed by atoms with van der Waals surface area (Å²) in [7, 11) is 1.73. The first-order valence-electron chi connectivity index (χ1n) is 9.23. The lowest BCUT2D eigenvalue weighted by Gasteiger charge is -2.44. The molecule has 7 nitrogen and oxygen atoms in total. The second-order valence-electron chi connectivity index (χ2n) is 7.24. The molecule has 2 heterocycles. The van der Waals surface area contributed by atoms with Crippen molar-refractivity contribution in [3.63, 3.8) is 0 Å². The summed E-state index contributed by atoms with van der Waals surface area (Å²) < 4.78 is 43.2. The summed E-state index contributed by atoms with van der Waals surface area (Å²) in [5.41, 5.74) is 1.45. The van der Waals surface area contributed by atoms with Gasteiger partial charge in [0.05, 0.1) is 30.9 Å². The van der Waals surface area contributed by atoms with E-state index in [1.165, 1.54) is 0 Å². The van der Waals surface area contributed by atoms with E-state index in [2.05, 4.69) is 4.98 Å². The molecule has 0 bridgehead atoms. The normalized spacial score (nSPS) is 24.2. The predicted octanol–water partition coefficient (Wildman–Crippen LogP) is 2.68.